The molecule has 0 spiro atoms. The van der Waals surface area contributed by atoms with E-state index in [4.69, 9.17) is 4.74 Å². The molecule has 1 saturated heterocycles. The number of hydrogen-bond acceptors (Lipinski definition) is 1. The van der Waals surface area contributed by atoms with Crippen LogP contribution in [-0.2, 0) is 4.74 Å². The Morgan fingerprint density at radius 3 is 2.38 bits per heavy atom. The number of ether oxygens (including phenoxy) is 1. The fourth-order valence-electron chi connectivity index (χ4n) is 1.67. The Balaban J connectivity index is 1.73. The molecule has 1 radical (unpaired) electrons. The summed E-state index contributed by atoms with van der Waals surface area (Å²) in [7, 11) is 0. The maximum Gasteiger partial charge on any atom is 0.0993 e. The van der Waals surface area contributed by atoms with E-state index in [0.29, 0.717) is 0 Å². The number of unbranched alkanes of at least 4 members (excludes halogenated alkanes) is 3. The minimum absolute atomic E-state index is 0.879. The minimum atomic E-state index is 0.879. The summed E-state index contributed by atoms with van der Waals surface area (Å²) in [6.07, 6.45) is 10.7. The summed E-state index contributed by atoms with van der Waals surface area (Å²) in [5.74, 6) is 0.879. The third-order valence-corrected chi connectivity index (χ3v) is 2.67. The highest BCUT2D eigenvalue weighted by molar-refractivity contribution is 4.85. The number of rotatable bonds is 7. The maximum atomic E-state index is 5.29. The summed E-state index contributed by atoms with van der Waals surface area (Å²) in [6, 6.07) is 0. The Kier molecular flexibility index (Phi) is 5.45. The molecule has 1 fully saturated rings. The lowest BCUT2D eigenvalue weighted by Gasteiger charge is -2.24. The van der Waals surface area contributed by atoms with Crippen molar-refractivity contribution in [3.05, 3.63) is 6.10 Å². The quantitative estimate of drug-likeness (QED) is 0.543. The highest BCUT2D eigenvalue weighted by Crippen LogP contribution is 2.25. The summed E-state index contributed by atoms with van der Waals surface area (Å²) < 4.78 is 5.29. The smallest absolute Gasteiger partial charge is 0.0993 e. The van der Waals surface area contributed by atoms with Gasteiger partial charge < -0.3 is 4.74 Å². The van der Waals surface area contributed by atoms with Crippen LogP contribution >= 0.6 is 0 Å². The lowest BCUT2D eigenvalue weighted by molar-refractivity contribution is 0.0337. The molecule has 1 rings (SSSR count). The lowest BCUT2D eigenvalue weighted by Crippen LogP contribution is -2.17. The zero-order chi connectivity index (χ0) is 9.52. The third-order valence-electron chi connectivity index (χ3n) is 2.67. The van der Waals surface area contributed by atoms with Crippen molar-refractivity contribution in [3.8, 4) is 0 Å². The van der Waals surface area contributed by atoms with Gasteiger partial charge in [0, 0.05) is 6.42 Å². The first-order valence-corrected chi connectivity index (χ1v) is 5.76. The van der Waals surface area contributed by atoms with Crippen LogP contribution in [0.15, 0.2) is 0 Å². The third kappa shape index (κ3) is 5.30. The molecule has 1 heteroatoms. The molecule has 0 aromatic heterocycles. The zero-order valence-corrected chi connectivity index (χ0v) is 9.14. The molecule has 1 aliphatic heterocycles. The Labute approximate surface area is 82.9 Å². The first-order chi connectivity index (χ1) is 6.29. The second kappa shape index (κ2) is 6.42. The highest BCUT2D eigenvalue weighted by atomic mass is 16.5. The van der Waals surface area contributed by atoms with Crippen LogP contribution < -0.4 is 0 Å². The van der Waals surface area contributed by atoms with Crippen molar-refractivity contribution in [1.82, 2.24) is 0 Å². The second-order valence-electron chi connectivity index (χ2n) is 4.48. The Hall–Kier alpha value is -0.0400. The molecule has 0 aromatic carbocycles. The SMILES string of the molecule is CC(C)CCCCCC[C]1CCO1. The van der Waals surface area contributed by atoms with Crippen molar-refractivity contribution < 1.29 is 4.74 Å². The van der Waals surface area contributed by atoms with E-state index < -0.39 is 0 Å². The van der Waals surface area contributed by atoms with Crippen LogP contribution in [0.3, 0.4) is 0 Å². The van der Waals surface area contributed by atoms with Gasteiger partial charge >= 0.3 is 0 Å². The van der Waals surface area contributed by atoms with Gasteiger partial charge in [0.05, 0.1) is 12.7 Å². The summed E-state index contributed by atoms with van der Waals surface area (Å²) in [5.41, 5.74) is 0. The molecule has 77 valence electrons. The molecule has 0 amide bonds. The molecule has 0 aromatic rings. The van der Waals surface area contributed by atoms with Crippen molar-refractivity contribution in [2.75, 3.05) is 6.61 Å². The molecule has 0 saturated carbocycles. The van der Waals surface area contributed by atoms with Crippen LogP contribution in [-0.4, -0.2) is 6.61 Å². The maximum absolute atomic E-state index is 5.29. The van der Waals surface area contributed by atoms with Gasteiger partial charge in [-0.15, -0.1) is 0 Å². The summed E-state index contributed by atoms with van der Waals surface area (Å²) in [5, 5.41) is 0. The largest absolute Gasteiger partial charge is 0.372 e. The van der Waals surface area contributed by atoms with E-state index in [1.807, 2.05) is 0 Å². The molecular weight excluding hydrogens is 160 g/mol. The summed E-state index contributed by atoms with van der Waals surface area (Å²) >= 11 is 0. The van der Waals surface area contributed by atoms with Crippen molar-refractivity contribution >= 4 is 0 Å². The normalized spacial score (nSPS) is 17.8. The first-order valence-electron chi connectivity index (χ1n) is 5.76. The molecular formula is C12H23O. The zero-order valence-electron chi connectivity index (χ0n) is 9.14. The van der Waals surface area contributed by atoms with Crippen molar-refractivity contribution in [1.29, 1.82) is 0 Å². The van der Waals surface area contributed by atoms with Crippen LogP contribution in [0.4, 0.5) is 0 Å². The van der Waals surface area contributed by atoms with E-state index in [0.717, 1.165) is 12.5 Å². The minimum Gasteiger partial charge on any atom is -0.372 e. The molecule has 0 unspecified atom stereocenters. The van der Waals surface area contributed by atoms with Gasteiger partial charge in [-0.2, -0.15) is 0 Å². The van der Waals surface area contributed by atoms with Crippen LogP contribution in [0.25, 0.3) is 0 Å². The van der Waals surface area contributed by atoms with Crippen molar-refractivity contribution in [2.24, 2.45) is 5.92 Å². The van der Waals surface area contributed by atoms with Gasteiger partial charge in [0.1, 0.15) is 0 Å². The fourth-order valence-corrected chi connectivity index (χ4v) is 1.67. The average Bonchev–Trinajstić information content (AvgIpc) is 1.99. The molecule has 0 aliphatic carbocycles. The Bertz CT molecular complexity index is 116. The van der Waals surface area contributed by atoms with E-state index in [1.54, 1.807) is 0 Å². The van der Waals surface area contributed by atoms with Crippen LogP contribution in [0.2, 0.25) is 0 Å². The average molecular weight is 183 g/mol. The molecule has 0 N–H and O–H groups in total. The van der Waals surface area contributed by atoms with E-state index in [2.05, 4.69) is 13.8 Å². The summed E-state index contributed by atoms with van der Waals surface area (Å²) in [6.45, 7) is 5.58. The van der Waals surface area contributed by atoms with E-state index in [9.17, 15) is 0 Å². The molecule has 1 heterocycles. The van der Waals surface area contributed by atoms with Gasteiger partial charge in [-0.3, -0.25) is 0 Å². The van der Waals surface area contributed by atoms with E-state index in [1.165, 1.54) is 51.0 Å². The fraction of sp³-hybridized carbons (Fsp3) is 0.917. The predicted molar refractivity (Wildman–Crippen MR) is 56.4 cm³/mol. The van der Waals surface area contributed by atoms with Gasteiger partial charge in [0.15, 0.2) is 0 Å². The van der Waals surface area contributed by atoms with Crippen LogP contribution in [0.1, 0.15) is 58.8 Å². The predicted octanol–water partition coefficient (Wildman–Crippen LogP) is 3.94. The molecule has 13 heavy (non-hydrogen) atoms. The lowest BCUT2D eigenvalue weighted by atomic mass is 10.0. The van der Waals surface area contributed by atoms with Gasteiger partial charge in [-0.25, -0.2) is 0 Å². The number of hydrogen-bond donors (Lipinski definition) is 0. The molecule has 0 bridgehead atoms. The standard InChI is InChI=1S/C12H23O/c1-11(2)7-5-3-4-6-8-12-9-10-13-12/h11H,3-10H2,1-2H3. The highest BCUT2D eigenvalue weighted by Gasteiger charge is 2.17. The molecule has 1 aliphatic rings. The van der Waals surface area contributed by atoms with Crippen LogP contribution in [0, 0.1) is 12.0 Å². The van der Waals surface area contributed by atoms with Gasteiger partial charge in [-0.1, -0.05) is 46.0 Å². The van der Waals surface area contributed by atoms with Gasteiger partial charge in [0.25, 0.3) is 0 Å². The second-order valence-corrected chi connectivity index (χ2v) is 4.48. The Morgan fingerprint density at radius 1 is 1.15 bits per heavy atom. The van der Waals surface area contributed by atoms with Crippen molar-refractivity contribution in [2.45, 2.75) is 58.8 Å². The Morgan fingerprint density at radius 2 is 1.85 bits per heavy atom. The topological polar surface area (TPSA) is 9.23 Å². The van der Waals surface area contributed by atoms with E-state index in [-0.39, 0.29) is 0 Å². The van der Waals surface area contributed by atoms with Crippen molar-refractivity contribution in [3.63, 3.8) is 0 Å². The first kappa shape index (κ1) is 11.0. The van der Waals surface area contributed by atoms with Gasteiger partial charge in [0.2, 0.25) is 0 Å². The molecule has 1 nitrogen and oxygen atoms in total. The van der Waals surface area contributed by atoms with Crippen LogP contribution in [0.5, 0.6) is 0 Å². The van der Waals surface area contributed by atoms with E-state index >= 15 is 0 Å². The summed E-state index contributed by atoms with van der Waals surface area (Å²) in [4.78, 5) is 0. The monoisotopic (exact) mass is 183 g/mol. The van der Waals surface area contributed by atoms with Gasteiger partial charge in [-0.05, 0) is 12.3 Å². The molecule has 0 atom stereocenters.